The van der Waals surface area contributed by atoms with Gasteiger partial charge in [-0.3, -0.25) is 4.79 Å². The molecule has 1 aromatic carbocycles. The van der Waals surface area contributed by atoms with Gasteiger partial charge in [-0.15, -0.1) is 0 Å². The maximum Gasteiger partial charge on any atom is 0.306 e. The molecule has 0 heterocycles. The summed E-state index contributed by atoms with van der Waals surface area (Å²) in [7, 11) is 0. The Morgan fingerprint density at radius 1 is 1.18 bits per heavy atom. The summed E-state index contributed by atoms with van der Waals surface area (Å²) in [5.74, 6) is -2.01. The van der Waals surface area contributed by atoms with E-state index >= 15 is 0 Å². The van der Waals surface area contributed by atoms with E-state index in [-0.39, 0.29) is 11.8 Å². The minimum absolute atomic E-state index is 0.0544. The molecule has 1 aliphatic rings. The lowest BCUT2D eigenvalue weighted by molar-refractivity contribution is -0.142. The number of aliphatic carboxylic acids is 1. The first-order chi connectivity index (χ1) is 8.08. The molecule has 2 nitrogen and oxygen atoms in total. The van der Waals surface area contributed by atoms with Crippen LogP contribution in [-0.4, -0.2) is 11.1 Å². The molecule has 0 unspecified atom stereocenters. The normalized spacial score (nSPS) is 24.6. The van der Waals surface area contributed by atoms with Crippen LogP contribution in [0.2, 0.25) is 0 Å². The van der Waals surface area contributed by atoms with Gasteiger partial charge in [-0.05, 0) is 55.4 Å². The fourth-order valence-electron chi connectivity index (χ4n) is 2.48. The first-order valence-corrected chi connectivity index (χ1v) is 5.75. The first kappa shape index (κ1) is 12.0. The van der Waals surface area contributed by atoms with Crippen molar-refractivity contribution in [2.75, 3.05) is 0 Å². The van der Waals surface area contributed by atoms with E-state index in [1.54, 1.807) is 0 Å². The molecule has 0 atom stereocenters. The topological polar surface area (TPSA) is 37.3 Å². The SMILES string of the molecule is O=C(O)C1CCC(c2cc(F)ccc2F)CC1. The van der Waals surface area contributed by atoms with Crippen molar-refractivity contribution >= 4 is 5.97 Å². The molecule has 1 saturated carbocycles. The number of hydrogen-bond acceptors (Lipinski definition) is 1. The Morgan fingerprint density at radius 2 is 1.82 bits per heavy atom. The maximum absolute atomic E-state index is 13.5. The molecule has 92 valence electrons. The molecule has 0 aliphatic heterocycles. The number of halogens is 2. The number of hydrogen-bond donors (Lipinski definition) is 1. The second-order valence-corrected chi connectivity index (χ2v) is 4.55. The van der Waals surface area contributed by atoms with E-state index in [0.717, 1.165) is 12.1 Å². The van der Waals surface area contributed by atoms with Crippen LogP contribution in [0.5, 0.6) is 0 Å². The highest BCUT2D eigenvalue weighted by Crippen LogP contribution is 2.37. The molecule has 0 saturated heterocycles. The summed E-state index contributed by atoms with van der Waals surface area (Å²) in [4.78, 5) is 10.8. The molecule has 1 N–H and O–H groups in total. The van der Waals surface area contributed by atoms with Gasteiger partial charge >= 0.3 is 5.97 Å². The third kappa shape index (κ3) is 2.62. The third-order valence-corrected chi connectivity index (χ3v) is 3.47. The number of carboxylic acid groups (broad SMARTS) is 1. The van der Waals surface area contributed by atoms with Crippen LogP contribution in [0.25, 0.3) is 0 Å². The molecule has 1 aliphatic carbocycles. The molecule has 0 amide bonds. The molecule has 0 radical (unpaired) electrons. The fourth-order valence-corrected chi connectivity index (χ4v) is 2.48. The molecular formula is C13H14F2O2. The van der Waals surface area contributed by atoms with Gasteiger partial charge in [0.15, 0.2) is 0 Å². The average molecular weight is 240 g/mol. The van der Waals surface area contributed by atoms with E-state index in [4.69, 9.17) is 5.11 Å². The van der Waals surface area contributed by atoms with Crippen molar-refractivity contribution in [3.63, 3.8) is 0 Å². The van der Waals surface area contributed by atoms with Gasteiger partial charge in [-0.1, -0.05) is 0 Å². The van der Waals surface area contributed by atoms with Gasteiger partial charge in [0, 0.05) is 0 Å². The zero-order valence-corrected chi connectivity index (χ0v) is 9.33. The predicted octanol–water partition coefficient (Wildman–Crippen LogP) is 3.32. The fraction of sp³-hybridized carbons (Fsp3) is 0.462. The molecule has 1 aromatic rings. The van der Waals surface area contributed by atoms with Crippen molar-refractivity contribution in [2.45, 2.75) is 31.6 Å². The molecular weight excluding hydrogens is 226 g/mol. The summed E-state index contributed by atoms with van der Waals surface area (Å²) in [5, 5.41) is 8.86. The van der Waals surface area contributed by atoms with Crippen molar-refractivity contribution in [3.05, 3.63) is 35.4 Å². The van der Waals surface area contributed by atoms with E-state index in [2.05, 4.69) is 0 Å². The van der Waals surface area contributed by atoms with Gasteiger partial charge in [0.1, 0.15) is 11.6 Å². The summed E-state index contributed by atoms with van der Waals surface area (Å²) in [5.41, 5.74) is 0.383. The Bertz CT molecular complexity index is 423. The van der Waals surface area contributed by atoms with Crippen molar-refractivity contribution in [1.82, 2.24) is 0 Å². The number of benzene rings is 1. The van der Waals surface area contributed by atoms with E-state index in [1.807, 2.05) is 0 Å². The van der Waals surface area contributed by atoms with Crippen molar-refractivity contribution in [1.29, 1.82) is 0 Å². The van der Waals surface area contributed by atoms with Crippen LogP contribution < -0.4 is 0 Å². The second-order valence-electron chi connectivity index (χ2n) is 4.55. The van der Waals surface area contributed by atoms with E-state index in [9.17, 15) is 13.6 Å². The quantitative estimate of drug-likeness (QED) is 0.861. The first-order valence-electron chi connectivity index (χ1n) is 5.75. The molecule has 0 aromatic heterocycles. The lowest BCUT2D eigenvalue weighted by Crippen LogP contribution is -2.21. The molecule has 4 heteroatoms. The Hall–Kier alpha value is -1.45. The molecule has 2 rings (SSSR count). The highest BCUT2D eigenvalue weighted by Gasteiger charge is 2.28. The summed E-state index contributed by atoms with van der Waals surface area (Å²) >= 11 is 0. The van der Waals surface area contributed by atoms with Crippen molar-refractivity contribution in [3.8, 4) is 0 Å². The van der Waals surface area contributed by atoms with E-state index in [0.29, 0.717) is 31.2 Å². The van der Waals surface area contributed by atoms with E-state index in [1.165, 1.54) is 6.07 Å². The Balaban J connectivity index is 2.10. The smallest absolute Gasteiger partial charge is 0.306 e. The second kappa shape index (κ2) is 4.82. The van der Waals surface area contributed by atoms with Crippen LogP contribution in [-0.2, 0) is 4.79 Å². The summed E-state index contributed by atoms with van der Waals surface area (Å²) in [6.07, 6.45) is 2.29. The standard InChI is InChI=1S/C13H14F2O2/c14-10-5-6-12(15)11(7-10)8-1-3-9(4-2-8)13(16)17/h5-9H,1-4H2,(H,16,17). The van der Waals surface area contributed by atoms with Crippen molar-refractivity contribution < 1.29 is 18.7 Å². The Kier molecular flexibility index (Phi) is 3.41. The summed E-state index contributed by atoms with van der Waals surface area (Å²) in [6.45, 7) is 0. The van der Waals surface area contributed by atoms with E-state index < -0.39 is 17.6 Å². The lowest BCUT2D eigenvalue weighted by atomic mass is 9.78. The van der Waals surface area contributed by atoms with Gasteiger partial charge < -0.3 is 5.11 Å². The van der Waals surface area contributed by atoms with Crippen molar-refractivity contribution in [2.24, 2.45) is 5.92 Å². The molecule has 0 spiro atoms. The van der Waals surface area contributed by atoms with Crippen LogP contribution in [0.3, 0.4) is 0 Å². The summed E-state index contributed by atoms with van der Waals surface area (Å²) < 4.78 is 26.6. The number of carbonyl (C=O) groups is 1. The monoisotopic (exact) mass is 240 g/mol. The minimum atomic E-state index is -0.789. The molecule has 17 heavy (non-hydrogen) atoms. The lowest BCUT2D eigenvalue weighted by Gasteiger charge is -2.26. The number of carboxylic acids is 1. The minimum Gasteiger partial charge on any atom is -0.481 e. The van der Waals surface area contributed by atoms with Crippen LogP contribution in [0.15, 0.2) is 18.2 Å². The van der Waals surface area contributed by atoms with Gasteiger partial charge in [-0.25, -0.2) is 8.78 Å². The Morgan fingerprint density at radius 3 is 2.41 bits per heavy atom. The maximum atomic E-state index is 13.5. The van der Waals surface area contributed by atoms with Gasteiger partial charge in [0.2, 0.25) is 0 Å². The predicted molar refractivity (Wildman–Crippen MR) is 58.7 cm³/mol. The largest absolute Gasteiger partial charge is 0.481 e. The van der Waals surface area contributed by atoms with Gasteiger partial charge in [0.05, 0.1) is 5.92 Å². The highest BCUT2D eigenvalue weighted by atomic mass is 19.1. The van der Waals surface area contributed by atoms with Crippen LogP contribution in [0.1, 0.15) is 37.2 Å². The zero-order chi connectivity index (χ0) is 12.4. The Labute approximate surface area is 98.3 Å². The molecule has 1 fully saturated rings. The van der Waals surface area contributed by atoms with Gasteiger partial charge in [0.25, 0.3) is 0 Å². The van der Waals surface area contributed by atoms with Crippen LogP contribution in [0.4, 0.5) is 8.78 Å². The zero-order valence-electron chi connectivity index (χ0n) is 9.33. The highest BCUT2D eigenvalue weighted by molar-refractivity contribution is 5.70. The number of rotatable bonds is 2. The summed E-state index contributed by atoms with van der Waals surface area (Å²) in [6, 6.07) is 3.46. The molecule has 0 bridgehead atoms. The third-order valence-electron chi connectivity index (χ3n) is 3.47. The van der Waals surface area contributed by atoms with Crippen LogP contribution in [0, 0.1) is 17.6 Å². The van der Waals surface area contributed by atoms with Gasteiger partial charge in [-0.2, -0.15) is 0 Å². The average Bonchev–Trinajstić information content (AvgIpc) is 2.32. The van der Waals surface area contributed by atoms with Crippen LogP contribution >= 0.6 is 0 Å².